The van der Waals surface area contributed by atoms with Gasteiger partial charge in [0.2, 0.25) is 0 Å². The molecule has 3 heteroatoms. The molecule has 1 saturated heterocycles. The number of unbranched alkanes of at least 4 members (excludes halogenated alkanes) is 1. The Balaban J connectivity index is 1.76. The van der Waals surface area contributed by atoms with Gasteiger partial charge >= 0.3 is 6.09 Å². The molecule has 1 amide bonds. The van der Waals surface area contributed by atoms with Crippen LogP contribution >= 0.6 is 0 Å². The minimum Gasteiger partial charge on any atom is -0.444 e. The van der Waals surface area contributed by atoms with Gasteiger partial charge in [-0.1, -0.05) is 42.5 Å². The smallest absolute Gasteiger partial charge is 0.410 e. The monoisotopic (exact) mass is 315 g/mol. The van der Waals surface area contributed by atoms with Gasteiger partial charge in [0, 0.05) is 6.54 Å². The zero-order valence-electron chi connectivity index (χ0n) is 14.6. The van der Waals surface area contributed by atoms with Crippen LogP contribution in [0.2, 0.25) is 0 Å². The molecule has 0 bridgehead atoms. The summed E-state index contributed by atoms with van der Waals surface area (Å²) < 4.78 is 5.49. The standard InChI is InChI=1S/C20H29NO2/c1-20(2,3)23-19(22)21-16-10-15-18(21)14-9-5-8-13-17-11-6-4-7-12-17/h4,6-7,9,11-12,14,18H,5,8,10,13,15-16H2,1-3H3/t18-/m1/s1. The molecule has 1 aliphatic rings. The number of carbonyl (C=O) groups excluding carboxylic acids is 1. The predicted molar refractivity (Wildman–Crippen MR) is 94.5 cm³/mol. The van der Waals surface area contributed by atoms with E-state index in [1.165, 1.54) is 5.56 Å². The summed E-state index contributed by atoms with van der Waals surface area (Å²) >= 11 is 0. The molecule has 0 N–H and O–H groups in total. The number of benzene rings is 1. The van der Waals surface area contributed by atoms with Crippen molar-refractivity contribution in [2.75, 3.05) is 6.54 Å². The molecule has 126 valence electrons. The summed E-state index contributed by atoms with van der Waals surface area (Å²) in [5.74, 6) is 0. The van der Waals surface area contributed by atoms with Crippen LogP contribution < -0.4 is 0 Å². The summed E-state index contributed by atoms with van der Waals surface area (Å²) in [5, 5.41) is 0. The number of likely N-dealkylation sites (tertiary alicyclic amines) is 1. The van der Waals surface area contributed by atoms with Crippen molar-refractivity contribution in [1.29, 1.82) is 0 Å². The second-order valence-electron chi connectivity index (χ2n) is 7.19. The molecule has 1 heterocycles. The maximum atomic E-state index is 12.2. The van der Waals surface area contributed by atoms with Crippen molar-refractivity contribution in [1.82, 2.24) is 4.90 Å². The number of amides is 1. The second kappa shape index (κ2) is 8.19. The Bertz CT molecular complexity index is 516. The van der Waals surface area contributed by atoms with E-state index in [9.17, 15) is 4.79 Å². The van der Waals surface area contributed by atoms with Crippen molar-refractivity contribution in [3.8, 4) is 0 Å². The lowest BCUT2D eigenvalue weighted by atomic mass is 10.1. The Labute approximate surface area is 140 Å². The molecule has 1 aromatic rings. The zero-order chi connectivity index (χ0) is 16.7. The van der Waals surface area contributed by atoms with E-state index in [2.05, 4.69) is 42.5 Å². The van der Waals surface area contributed by atoms with Gasteiger partial charge < -0.3 is 9.64 Å². The molecule has 1 aromatic carbocycles. The van der Waals surface area contributed by atoms with Crippen LogP contribution in [0, 0.1) is 0 Å². The van der Waals surface area contributed by atoms with Crippen LogP contribution in [-0.4, -0.2) is 29.2 Å². The first-order valence-corrected chi connectivity index (χ1v) is 8.66. The van der Waals surface area contributed by atoms with Gasteiger partial charge in [0.15, 0.2) is 0 Å². The quantitative estimate of drug-likeness (QED) is 0.567. The van der Waals surface area contributed by atoms with Gasteiger partial charge in [-0.15, -0.1) is 0 Å². The van der Waals surface area contributed by atoms with E-state index in [0.29, 0.717) is 0 Å². The summed E-state index contributed by atoms with van der Waals surface area (Å²) in [6.07, 6.45) is 9.60. The molecule has 1 aliphatic heterocycles. The van der Waals surface area contributed by atoms with Crippen LogP contribution in [-0.2, 0) is 11.2 Å². The number of hydrogen-bond acceptors (Lipinski definition) is 2. The molecule has 1 atom stereocenters. The maximum absolute atomic E-state index is 12.2. The first-order chi connectivity index (χ1) is 11.0. The molecule has 3 nitrogen and oxygen atoms in total. The Morgan fingerprint density at radius 3 is 2.74 bits per heavy atom. The van der Waals surface area contributed by atoms with Gasteiger partial charge in [-0.2, -0.15) is 0 Å². The van der Waals surface area contributed by atoms with Gasteiger partial charge in [0.1, 0.15) is 5.60 Å². The van der Waals surface area contributed by atoms with Crippen molar-refractivity contribution < 1.29 is 9.53 Å². The largest absolute Gasteiger partial charge is 0.444 e. The fourth-order valence-electron chi connectivity index (χ4n) is 2.86. The summed E-state index contributed by atoms with van der Waals surface area (Å²) in [7, 11) is 0. The highest BCUT2D eigenvalue weighted by Crippen LogP contribution is 2.22. The molecule has 0 spiro atoms. The van der Waals surface area contributed by atoms with Gasteiger partial charge in [0.05, 0.1) is 6.04 Å². The van der Waals surface area contributed by atoms with Crippen LogP contribution in [0.5, 0.6) is 0 Å². The van der Waals surface area contributed by atoms with Crippen LogP contribution in [0.1, 0.15) is 52.0 Å². The van der Waals surface area contributed by atoms with Crippen LogP contribution in [0.4, 0.5) is 4.79 Å². The number of rotatable bonds is 5. The van der Waals surface area contributed by atoms with Gasteiger partial charge in [-0.3, -0.25) is 0 Å². The van der Waals surface area contributed by atoms with Crippen LogP contribution in [0.15, 0.2) is 42.5 Å². The van der Waals surface area contributed by atoms with Crippen molar-refractivity contribution in [2.45, 2.75) is 64.5 Å². The number of aryl methyl sites for hydroxylation is 1. The van der Waals surface area contributed by atoms with Crippen molar-refractivity contribution in [3.05, 3.63) is 48.0 Å². The number of allylic oxidation sites excluding steroid dienone is 1. The number of ether oxygens (including phenoxy) is 1. The van der Waals surface area contributed by atoms with Crippen molar-refractivity contribution in [3.63, 3.8) is 0 Å². The minimum absolute atomic E-state index is 0.186. The number of nitrogens with zero attached hydrogens (tertiary/aromatic N) is 1. The van der Waals surface area contributed by atoms with Crippen molar-refractivity contribution in [2.24, 2.45) is 0 Å². The minimum atomic E-state index is -0.427. The van der Waals surface area contributed by atoms with E-state index in [1.54, 1.807) is 0 Å². The Kier molecular flexibility index (Phi) is 6.26. The van der Waals surface area contributed by atoms with Gasteiger partial charge in [0.25, 0.3) is 0 Å². The normalized spacial score (nSPS) is 18.6. The van der Waals surface area contributed by atoms with Crippen molar-refractivity contribution >= 4 is 6.09 Å². The molecule has 0 aromatic heterocycles. The summed E-state index contributed by atoms with van der Waals surface area (Å²) in [6, 6.07) is 10.8. The molecule has 0 aliphatic carbocycles. The van der Waals surface area contributed by atoms with E-state index in [4.69, 9.17) is 4.74 Å². The highest BCUT2D eigenvalue weighted by Gasteiger charge is 2.30. The number of hydrogen-bond donors (Lipinski definition) is 0. The third kappa shape index (κ3) is 6.09. The summed E-state index contributed by atoms with van der Waals surface area (Å²) in [5.41, 5.74) is 0.959. The highest BCUT2D eigenvalue weighted by molar-refractivity contribution is 5.69. The highest BCUT2D eigenvalue weighted by atomic mass is 16.6. The lowest BCUT2D eigenvalue weighted by molar-refractivity contribution is 0.0256. The Morgan fingerprint density at radius 1 is 1.30 bits per heavy atom. The first-order valence-electron chi connectivity index (χ1n) is 8.66. The molecule has 23 heavy (non-hydrogen) atoms. The predicted octanol–water partition coefficient (Wildman–Crippen LogP) is 4.97. The molecule has 0 unspecified atom stereocenters. The first kappa shape index (κ1) is 17.6. The lowest BCUT2D eigenvalue weighted by Crippen LogP contribution is -2.39. The fourth-order valence-corrected chi connectivity index (χ4v) is 2.86. The number of carbonyl (C=O) groups is 1. The topological polar surface area (TPSA) is 29.5 Å². The molecular formula is C20H29NO2. The SMILES string of the molecule is CC(C)(C)OC(=O)N1CCC[C@H]1C=CCCCc1ccccc1. The van der Waals surface area contributed by atoms with Gasteiger partial charge in [-0.05, 0) is 58.4 Å². The fraction of sp³-hybridized carbons (Fsp3) is 0.550. The van der Waals surface area contributed by atoms with E-state index in [1.807, 2.05) is 25.7 Å². The van der Waals surface area contributed by atoms with E-state index < -0.39 is 5.60 Å². The average molecular weight is 315 g/mol. The lowest BCUT2D eigenvalue weighted by Gasteiger charge is -2.27. The maximum Gasteiger partial charge on any atom is 0.410 e. The molecule has 0 saturated carbocycles. The second-order valence-corrected chi connectivity index (χ2v) is 7.19. The van der Waals surface area contributed by atoms with Crippen LogP contribution in [0.25, 0.3) is 0 Å². The average Bonchev–Trinajstić information content (AvgIpc) is 2.95. The zero-order valence-corrected chi connectivity index (χ0v) is 14.6. The molecule has 2 rings (SSSR count). The molecule has 1 fully saturated rings. The Hall–Kier alpha value is -1.77. The third-order valence-corrected chi connectivity index (χ3v) is 3.96. The van der Waals surface area contributed by atoms with E-state index in [0.717, 1.165) is 38.6 Å². The molecule has 0 radical (unpaired) electrons. The summed E-state index contributed by atoms with van der Waals surface area (Å²) in [6.45, 7) is 6.54. The van der Waals surface area contributed by atoms with Gasteiger partial charge in [-0.25, -0.2) is 4.79 Å². The van der Waals surface area contributed by atoms with E-state index >= 15 is 0 Å². The Morgan fingerprint density at radius 2 is 2.04 bits per heavy atom. The molecular weight excluding hydrogens is 286 g/mol. The third-order valence-electron chi connectivity index (χ3n) is 3.96. The summed E-state index contributed by atoms with van der Waals surface area (Å²) in [4.78, 5) is 14.1. The van der Waals surface area contributed by atoms with Crippen LogP contribution in [0.3, 0.4) is 0 Å². The van der Waals surface area contributed by atoms with E-state index in [-0.39, 0.29) is 12.1 Å².